The van der Waals surface area contributed by atoms with Gasteiger partial charge in [0.15, 0.2) is 0 Å². The number of nitrogens with one attached hydrogen (secondary N) is 1. The van der Waals surface area contributed by atoms with Crippen LogP contribution in [0.1, 0.15) is 40.0 Å². The molecule has 1 heterocycles. The van der Waals surface area contributed by atoms with E-state index in [2.05, 4.69) is 5.32 Å². The number of benzene rings is 1. The molecule has 0 radical (unpaired) electrons. The van der Waals surface area contributed by atoms with Crippen LogP contribution in [0.2, 0.25) is 0 Å². The van der Waals surface area contributed by atoms with Crippen molar-refractivity contribution in [3.05, 3.63) is 24.3 Å². The van der Waals surface area contributed by atoms with Crippen LogP contribution >= 0.6 is 0 Å². The third-order valence-corrected chi connectivity index (χ3v) is 5.89. The Kier molecular flexibility index (Phi) is 4.13. The van der Waals surface area contributed by atoms with Crippen LogP contribution in [0.3, 0.4) is 0 Å². The van der Waals surface area contributed by atoms with E-state index >= 15 is 0 Å². The van der Waals surface area contributed by atoms with Gasteiger partial charge in [0, 0.05) is 23.3 Å². The second-order valence-corrected chi connectivity index (χ2v) is 8.54. The average Bonchev–Trinajstić information content (AvgIpc) is 2.58. The minimum absolute atomic E-state index is 0.190. The Morgan fingerprint density at radius 3 is 2.12 bits per heavy atom. The summed E-state index contributed by atoms with van der Waals surface area (Å²) < 4.78 is 5.30. The number of imide groups is 1. The Morgan fingerprint density at radius 1 is 1.04 bits per heavy atom. The van der Waals surface area contributed by atoms with E-state index in [1.165, 1.54) is 11.9 Å². The van der Waals surface area contributed by atoms with Gasteiger partial charge in [-0.1, -0.05) is 32.9 Å². The summed E-state index contributed by atoms with van der Waals surface area (Å²) >= 11 is 0. The van der Waals surface area contributed by atoms with E-state index < -0.39 is 16.2 Å². The molecule has 0 spiro atoms. The lowest BCUT2D eigenvalue weighted by molar-refractivity contribution is -0.177. The predicted molar refractivity (Wildman–Crippen MR) is 97.6 cm³/mol. The summed E-state index contributed by atoms with van der Waals surface area (Å²) in [6.07, 6.45) is 1.31. The molecule has 1 saturated carbocycles. The Balaban J connectivity index is 1.94. The number of likely N-dealkylation sites (tertiary alicyclic amines) is 1. The number of rotatable bonds is 3. The van der Waals surface area contributed by atoms with Gasteiger partial charge in [-0.25, -0.2) is 0 Å². The number of hydrogen-bond acceptors (Lipinski definition) is 4. The first kappa shape index (κ1) is 18.4. The van der Waals surface area contributed by atoms with E-state index in [1.807, 2.05) is 32.9 Å². The summed E-state index contributed by atoms with van der Waals surface area (Å²) in [5, 5.41) is 2.94. The fourth-order valence-electron chi connectivity index (χ4n) is 5.16. The minimum Gasteiger partial charge on any atom is -0.495 e. The SMILES string of the molecule is COc1ccccc1NC(=O)C1(C)CC2(C)CC(C)(C1)C(=O)N(C)C2=O. The summed E-state index contributed by atoms with van der Waals surface area (Å²) in [7, 11) is 3.09. The zero-order valence-electron chi connectivity index (χ0n) is 16.0. The molecule has 1 aromatic rings. The number of ether oxygens (including phenoxy) is 1. The topological polar surface area (TPSA) is 75.7 Å². The molecule has 3 amide bonds. The van der Waals surface area contributed by atoms with E-state index in [0.29, 0.717) is 30.7 Å². The van der Waals surface area contributed by atoms with Crippen LogP contribution in [0.5, 0.6) is 5.75 Å². The lowest BCUT2D eigenvalue weighted by atomic mass is 9.51. The van der Waals surface area contributed by atoms with Gasteiger partial charge in [0.05, 0.1) is 12.8 Å². The number of amides is 3. The Morgan fingerprint density at radius 2 is 1.58 bits per heavy atom. The van der Waals surface area contributed by atoms with E-state index in [4.69, 9.17) is 4.74 Å². The largest absolute Gasteiger partial charge is 0.495 e. The molecule has 0 aromatic heterocycles. The molecule has 2 atom stereocenters. The number of carbonyl (C=O) groups excluding carboxylic acids is 3. The monoisotopic (exact) mass is 358 g/mol. The zero-order chi connectivity index (χ0) is 19.3. The molecule has 140 valence electrons. The van der Waals surface area contributed by atoms with Gasteiger partial charge >= 0.3 is 0 Å². The fourth-order valence-corrected chi connectivity index (χ4v) is 5.16. The van der Waals surface area contributed by atoms with Crippen LogP contribution in [0.25, 0.3) is 0 Å². The molecular formula is C20H26N2O4. The molecule has 6 nitrogen and oxygen atoms in total. The zero-order valence-corrected chi connectivity index (χ0v) is 16.0. The number of fused-ring (bicyclic) bond motifs is 2. The molecule has 2 bridgehead atoms. The fraction of sp³-hybridized carbons (Fsp3) is 0.550. The lowest BCUT2D eigenvalue weighted by Crippen LogP contribution is -2.63. The average molecular weight is 358 g/mol. The highest BCUT2D eigenvalue weighted by atomic mass is 16.5. The number of para-hydroxylation sites is 2. The number of nitrogens with zero attached hydrogens (tertiary/aromatic N) is 1. The van der Waals surface area contributed by atoms with Crippen molar-refractivity contribution in [3.8, 4) is 5.75 Å². The highest BCUT2D eigenvalue weighted by Gasteiger charge is 2.62. The molecule has 1 aliphatic carbocycles. The summed E-state index contributed by atoms with van der Waals surface area (Å²) in [6, 6.07) is 7.20. The summed E-state index contributed by atoms with van der Waals surface area (Å²) in [5.41, 5.74) is -1.68. The number of carbonyl (C=O) groups is 3. The Labute approximate surface area is 153 Å². The molecule has 26 heavy (non-hydrogen) atoms. The van der Waals surface area contributed by atoms with Crippen molar-refractivity contribution in [1.29, 1.82) is 0 Å². The summed E-state index contributed by atoms with van der Waals surface area (Å²) in [5.74, 6) is -0.0129. The van der Waals surface area contributed by atoms with Crippen molar-refractivity contribution in [3.63, 3.8) is 0 Å². The Bertz CT molecular complexity index is 760. The normalized spacial score (nSPS) is 33.8. The number of piperidine rings is 1. The van der Waals surface area contributed by atoms with Crippen LogP contribution < -0.4 is 10.1 Å². The quantitative estimate of drug-likeness (QED) is 0.843. The van der Waals surface area contributed by atoms with Gasteiger partial charge in [-0.2, -0.15) is 0 Å². The third kappa shape index (κ3) is 2.68. The lowest BCUT2D eigenvalue weighted by Gasteiger charge is -2.55. The van der Waals surface area contributed by atoms with Gasteiger partial charge in [0.25, 0.3) is 0 Å². The molecule has 1 N–H and O–H groups in total. The van der Waals surface area contributed by atoms with Gasteiger partial charge < -0.3 is 10.1 Å². The standard InChI is InChI=1S/C20H26N2O4/c1-18(15(23)21-13-8-6-7-9-14(13)26-5)10-19(2)12-20(3,11-18)17(25)22(4)16(19)24/h6-9H,10-12H2,1-5H3,(H,21,23). The Hall–Kier alpha value is -2.37. The summed E-state index contributed by atoms with van der Waals surface area (Å²) in [4.78, 5) is 39.9. The molecule has 1 aromatic carbocycles. The minimum atomic E-state index is -0.824. The van der Waals surface area contributed by atoms with Gasteiger partial charge in [0.2, 0.25) is 17.7 Å². The van der Waals surface area contributed by atoms with E-state index in [1.54, 1.807) is 19.2 Å². The van der Waals surface area contributed by atoms with E-state index in [-0.39, 0.29) is 17.7 Å². The van der Waals surface area contributed by atoms with Gasteiger partial charge in [-0.05, 0) is 31.4 Å². The van der Waals surface area contributed by atoms with Crippen molar-refractivity contribution in [2.24, 2.45) is 16.2 Å². The first-order valence-electron chi connectivity index (χ1n) is 8.82. The van der Waals surface area contributed by atoms with Crippen molar-refractivity contribution in [2.45, 2.75) is 40.0 Å². The second kappa shape index (κ2) is 5.83. The highest BCUT2D eigenvalue weighted by Crippen LogP contribution is 2.58. The molecule has 1 saturated heterocycles. The number of methoxy groups -OCH3 is 1. The number of hydrogen-bond donors (Lipinski definition) is 1. The van der Waals surface area contributed by atoms with Crippen LogP contribution in [0, 0.1) is 16.2 Å². The molecule has 3 rings (SSSR count). The molecular weight excluding hydrogens is 332 g/mol. The van der Waals surface area contributed by atoms with Crippen LogP contribution in [0.15, 0.2) is 24.3 Å². The van der Waals surface area contributed by atoms with Gasteiger partial charge in [-0.3, -0.25) is 19.3 Å². The third-order valence-electron chi connectivity index (χ3n) is 5.89. The first-order valence-corrected chi connectivity index (χ1v) is 8.82. The first-order chi connectivity index (χ1) is 12.0. The van der Waals surface area contributed by atoms with Crippen LogP contribution in [-0.2, 0) is 14.4 Å². The van der Waals surface area contributed by atoms with Crippen LogP contribution in [0.4, 0.5) is 5.69 Å². The van der Waals surface area contributed by atoms with Crippen molar-refractivity contribution in [2.75, 3.05) is 19.5 Å². The van der Waals surface area contributed by atoms with Crippen molar-refractivity contribution < 1.29 is 19.1 Å². The summed E-state index contributed by atoms with van der Waals surface area (Å²) in [6.45, 7) is 5.58. The van der Waals surface area contributed by atoms with E-state index in [9.17, 15) is 14.4 Å². The van der Waals surface area contributed by atoms with Gasteiger partial charge in [-0.15, -0.1) is 0 Å². The maximum atomic E-state index is 13.2. The van der Waals surface area contributed by atoms with Crippen LogP contribution in [-0.4, -0.2) is 36.8 Å². The molecule has 1 aliphatic heterocycles. The predicted octanol–water partition coefficient (Wildman–Crippen LogP) is 2.84. The second-order valence-electron chi connectivity index (χ2n) is 8.54. The van der Waals surface area contributed by atoms with Crippen molar-refractivity contribution in [1.82, 2.24) is 4.90 Å². The van der Waals surface area contributed by atoms with Gasteiger partial charge in [0.1, 0.15) is 5.75 Å². The van der Waals surface area contributed by atoms with E-state index in [0.717, 1.165) is 0 Å². The molecule has 6 heteroatoms. The highest BCUT2D eigenvalue weighted by molar-refractivity contribution is 6.05. The maximum absolute atomic E-state index is 13.2. The molecule has 2 unspecified atom stereocenters. The molecule has 2 fully saturated rings. The molecule has 2 aliphatic rings. The smallest absolute Gasteiger partial charge is 0.234 e. The van der Waals surface area contributed by atoms with Crippen molar-refractivity contribution >= 4 is 23.4 Å². The maximum Gasteiger partial charge on any atom is 0.234 e. The number of anilines is 1.